The Kier molecular flexibility index (Phi) is 4.88. The molecule has 0 saturated carbocycles. The number of alkyl halides is 3. The van der Waals surface area contributed by atoms with Crippen molar-refractivity contribution >= 4 is 22.6 Å². The molecule has 1 amide bonds. The van der Waals surface area contributed by atoms with E-state index in [0.717, 1.165) is 10.8 Å². The predicted octanol–water partition coefficient (Wildman–Crippen LogP) is 3.42. The highest BCUT2D eigenvalue weighted by molar-refractivity contribution is 5.88. The van der Waals surface area contributed by atoms with Crippen LogP contribution in [0.3, 0.4) is 0 Å². The van der Waals surface area contributed by atoms with Gasteiger partial charge in [-0.05, 0) is 22.4 Å². The van der Waals surface area contributed by atoms with Gasteiger partial charge < -0.3 is 10.4 Å². The Balaban J connectivity index is 2.17. The van der Waals surface area contributed by atoms with Crippen molar-refractivity contribution in [2.75, 3.05) is 0 Å². The number of carboxylic acid groups (broad SMARTS) is 1. The van der Waals surface area contributed by atoms with Crippen molar-refractivity contribution in [2.45, 2.75) is 25.1 Å². The third kappa shape index (κ3) is 4.70. The highest BCUT2D eigenvalue weighted by Gasteiger charge is 2.29. The van der Waals surface area contributed by atoms with Gasteiger partial charge in [0, 0.05) is 6.42 Å². The Labute approximate surface area is 129 Å². The maximum Gasteiger partial charge on any atom is 0.389 e. The van der Waals surface area contributed by atoms with Gasteiger partial charge in [-0.25, -0.2) is 4.79 Å². The summed E-state index contributed by atoms with van der Waals surface area (Å²) >= 11 is 0. The van der Waals surface area contributed by atoms with Crippen molar-refractivity contribution in [1.29, 1.82) is 0 Å². The molecule has 0 heterocycles. The minimum absolute atomic E-state index is 0.302. The molecule has 1 unspecified atom stereocenters. The Morgan fingerprint density at radius 2 is 1.74 bits per heavy atom. The fourth-order valence-electron chi connectivity index (χ4n) is 2.16. The number of amides is 1. The van der Waals surface area contributed by atoms with Gasteiger partial charge in [-0.2, -0.15) is 13.2 Å². The minimum Gasteiger partial charge on any atom is -0.479 e. The molecule has 1 atom stereocenters. The number of fused-ring (bicyclic) bond motifs is 1. The van der Waals surface area contributed by atoms with Gasteiger partial charge in [0.15, 0.2) is 6.04 Å². The van der Waals surface area contributed by atoms with Crippen LogP contribution >= 0.6 is 0 Å². The topological polar surface area (TPSA) is 66.4 Å². The van der Waals surface area contributed by atoms with Crippen molar-refractivity contribution < 1.29 is 27.9 Å². The normalized spacial score (nSPS) is 12.8. The van der Waals surface area contributed by atoms with E-state index in [1.165, 1.54) is 6.07 Å². The second-order valence-corrected chi connectivity index (χ2v) is 5.06. The van der Waals surface area contributed by atoms with Crippen LogP contribution in [0.4, 0.5) is 13.2 Å². The molecular formula is C16H14F3NO3. The molecule has 2 aromatic carbocycles. The van der Waals surface area contributed by atoms with E-state index in [9.17, 15) is 27.9 Å². The number of carbonyl (C=O) groups is 2. The quantitative estimate of drug-likeness (QED) is 0.885. The van der Waals surface area contributed by atoms with E-state index in [1.54, 1.807) is 24.3 Å². The van der Waals surface area contributed by atoms with Gasteiger partial charge >= 0.3 is 12.1 Å². The standard InChI is InChI=1S/C16H14F3NO3/c17-16(18,19)8-7-13(21)20-14(15(22)23)12-6-5-10-3-1-2-4-11(10)9-12/h1-6,9,14H,7-8H2,(H,20,21)(H,22,23). The lowest BCUT2D eigenvalue weighted by Crippen LogP contribution is -2.34. The van der Waals surface area contributed by atoms with Crippen molar-refractivity contribution in [3.8, 4) is 0 Å². The van der Waals surface area contributed by atoms with Crippen LogP contribution in [-0.2, 0) is 9.59 Å². The van der Waals surface area contributed by atoms with Crippen LogP contribution < -0.4 is 5.32 Å². The number of carbonyl (C=O) groups excluding carboxylic acids is 1. The molecule has 2 aromatic rings. The molecule has 4 nitrogen and oxygen atoms in total. The summed E-state index contributed by atoms with van der Waals surface area (Å²) in [5.41, 5.74) is 0.302. The van der Waals surface area contributed by atoms with E-state index < -0.39 is 36.9 Å². The Morgan fingerprint density at radius 1 is 1.09 bits per heavy atom. The smallest absolute Gasteiger partial charge is 0.389 e. The number of nitrogens with one attached hydrogen (secondary N) is 1. The van der Waals surface area contributed by atoms with Gasteiger partial charge in [-0.3, -0.25) is 4.79 Å². The van der Waals surface area contributed by atoms with Crippen LogP contribution in [-0.4, -0.2) is 23.2 Å². The summed E-state index contributed by atoms with van der Waals surface area (Å²) in [5, 5.41) is 13.0. The second-order valence-electron chi connectivity index (χ2n) is 5.06. The first kappa shape index (κ1) is 16.8. The van der Waals surface area contributed by atoms with E-state index >= 15 is 0 Å². The summed E-state index contributed by atoms with van der Waals surface area (Å²) in [6.45, 7) is 0. The van der Waals surface area contributed by atoms with Crippen LogP contribution in [0.2, 0.25) is 0 Å². The number of aliphatic carboxylic acids is 1. The predicted molar refractivity (Wildman–Crippen MR) is 77.8 cm³/mol. The molecule has 2 N–H and O–H groups in total. The summed E-state index contributed by atoms with van der Waals surface area (Å²) < 4.78 is 36.3. The fraction of sp³-hybridized carbons (Fsp3) is 0.250. The molecule has 0 spiro atoms. The van der Waals surface area contributed by atoms with Gasteiger partial charge in [0.2, 0.25) is 5.91 Å². The zero-order valence-electron chi connectivity index (χ0n) is 11.9. The number of hydrogen-bond acceptors (Lipinski definition) is 2. The zero-order valence-corrected chi connectivity index (χ0v) is 11.9. The van der Waals surface area contributed by atoms with Gasteiger partial charge in [0.25, 0.3) is 0 Å². The van der Waals surface area contributed by atoms with Gasteiger partial charge in [0.05, 0.1) is 6.42 Å². The molecule has 0 fully saturated rings. The van der Waals surface area contributed by atoms with Gasteiger partial charge in [-0.15, -0.1) is 0 Å². The molecule has 0 aliphatic carbocycles. The molecule has 0 aromatic heterocycles. The van der Waals surface area contributed by atoms with Crippen LogP contribution in [0, 0.1) is 0 Å². The molecule has 0 aliphatic rings. The Morgan fingerprint density at radius 3 is 2.35 bits per heavy atom. The SMILES string of the molecule is O=C(CCC(F)(F)F)NC(C(=O)O)c1ccc2ccccc2c1. The third-order valence-electron chi connectivity index (χ3n) is 3.29. The minimum atomic E-state index is -4.46. The highest BCUT2D eigenvalue weighted by Crippen LogP contribution is 2.23. The second kappa shape index (κ2) is 6.68. The average Bonchev–Trinajstić information content (AvgIpc) is 2.49. The zero-order chi connectivity index (χ0) is 17.0. The summed E-state index contributed by atoms with van der Waals surface area (Å²) in [4.78, 5) is 22.9. The molecule has 0 bridgehead atoms. The largest absolute Gasteiger partial charge is 0.479 e. The Hall–Kier alpha value is -2.57. The average molecular weight is 325 g/mol. The summed E-state index contributed by atoms with van der Waals surface area (Å²) in [7, 11) is 0. The first-order valence-electron chi connectivity index (χ1n) is 6.84. The van der Waals surface area contributed by atoms with E-state index in [-0.39, 0.29) is 0 Å². The molecule has 7 heteroatoms. The van der Waals surface area contributed by atoms with Crippen LogP contribution in [0.1, 0.15) is 24.4 Å². The summed E-state index contributed by atoms with van der Waals surface area (Å²) in [6, 6.07) is 10.7. The van der Waals surface area contributed by atoms with E-state index in [2.05, 4.69) is 5.32 Å². The molecule has 23 heavy (non-hydrogen) atoms. The molecule has 2 rings (SSSR count). The first-order chi connectivity index (χ1) is 10.8. The van der Waals surface area contributed by atoms with Crippen LogP contribution in [0.5, 0.6) is 0 Å². The van der Waals surface area contributed by atoms with Crippen molar-refractivity contribution in [3.63, 3.8) is 0 Å². The lowest BCUT2D eigenvalue weighted by molar-refractivity contribution is -0.147. The summed E-state index contributed by atoms with van der Waals surface area (Å²) in [5.74, 6) is -2.29. The lowest BCUT2D eigenvalue weighted by atomic mass is 10.0. The number of carboxylic acids is 1. The van der Waals surface area contributed by atoms with Crippen molar-refractivity contribution in [1.82, 2.24) is 5.32 Å². The lowest BCUT2D eigenvalue weighted by Gasteiger charge is -2.16. The molecule has 0 saturated heterocycles. The summed E-state index contributed by atoms with van der Waals surface area (Å²) in [6.07, 6.45) is -6.55. The van der Waals surface area contributed by atoms with E-state index in [4.69, 9.17) is 0 Å². The molecule has 0 radical (unpaired) electrons. The van der Waals surface area contributed by atoms with E-state index in [1.807, 2.05) is 12.1 Å². The van der Waals surface area contributed by atoms with Crippen LogP contribution in [0.15, 0.2) is 42.5 Å². The molecular weight excluding hydrogens is 311 g/mol. The number of rotatable bonds is 5. The third-order valence-corrected chi connectivity index (χ3v) is 3.29. The molecule has 122 valence electrons. The fourth-order valence-corrected chi connectivity index (χ4v) is 2.16. The highest BCUT2D eigenvalue weighted by atomic mass is 19.4. The number of benzene rings is 2. The maximum absolute atomic E-state index is 12.1. The van der Waals surface area contributed by atoms with Gasteiger partial charge in [0.1, 0.15) is 0 Å². The van der Waals surface area contributed by atoms with E-state index in [0.29, 0.717) is 5.56 Å². The number of halogens is 3. The van der Waals surface area contributed by atoms with Crippen molar-refractivity contribution in [2.24, 2.45) is 0 Å². The monoisotopic (exact) mass is 325 g/mol. The first-order valence-corrected chi connectivity index (χ1v) is 6.84. The van der Waals surface area contributed by atoms with Crippen LogP contribution in [0.25, 0.3) is 10.8 Å². The number of hydrogen-bond donors (Lipinski definition) is 2. The van der Waals surface area contributed by atoms with Crippen molar-refractivity contribution in [3.05, 3.63) is 48.0 Å². The Bertz CT molecular complexity index is 728. The molecule has 0 aliphatic heterocycles. The maximum atomic E-state index is 12.1. The van der Waals surface area contributed by atoms with Gasteiger partial charge in [-0.1, -0.05) is 36.4 Å².